The Morgan fingerprint density at radius 3 is 2.83 bits per heavy atom. The maximum atomic E-state index is 12.4. The fraction of sp³-hybridized carbons (Fsp3) is 0.273. The molecule has 30 heavy (non-hydrogen) atoms. The Hall–Kier alpha value is -2.94. The number of benzene rings is 1. The summed E-state index contributed by atoms with van der Waals surface area (Å²) in [4.78, 5) is 29.5. The Morgan fingerprint density at radius 1 is 1.23 bits per heavy atom. The summed E-state index contributed by atoms with van der Waals surface area (Å²) >= 11 is 1.48. The van der Waals surface area contributed by atoms with E-state index >= 15 is 0 Å². The van der Waals surface area contributed by atoms with E-state index < -0.39 is 0 Å². The molecular weight excluding hydrogens is 402 g/mol. The average Bonchev–Trinajstić information content (AvgIpc) is 3.21. The number of hydrogen-bond acceptors (Lipinski definition) is 6. The third-order valence-electron chi connectivity index (χ3n) is 5.01. The van der Waals surface area contributed by atoms with Gasteiger partial charge in [0.1, 0.15) is 0 Å². The van der Waals surface area contributed by atoms with Crippen molar-refractivity contribution < 1.29 is 19.4 Å². The number of thiophene rings is 1. The average molecular weight is 426 g/mol. The van der Waals surface area contributed by atoms with Gasteiger partial charge >= 0.3 is 0 Å². The van der Waals surface area contributed by atoms with Crippen LogP contribution in [-0.4, -0.2) is 66.1 Å². The van der Waals surface area contributed by atoms with Crippen LogP contribution in [0.25, 0.3) is 12.2 Å². The molecule has 0 spiro atoms. The first kappa shape index (κ1) is 20.3. The van der Waals surface area contributed by atoms with Crippen LogP contribution < -0.4 is 10.1 Å². The zero-order chi connectivity index (χ0) is 20.9. The van der Waals surface area contributed by atoms with Gasteiger partial charge in [0.25, 0.3) is 5.91 Å². The van der Waals surface area contributed by atoms with Crippen LogP contribution in [0.15, 0.2) is 47.5 Å². The lowest BCUT2D eigenvalue weighted by Gasteiger charge is -2.33. The van der Waals surface area contributed by atoms with Gasteiger partial charge in [-0.1, -0.05) is 12.1 Å². The van der Waals surface area contributed by atoms with Crippen LogP contribution in [0.3, 0.4) is 0 Å². The zero-order valence-corrected chi connectivity index (χ0v) is 17.2. The summed E-state index contributed by atoms with van der Waals surface area (Å²) in [7, 11) is 0. The van der Waals surface area contributed by atoms with Crippen molar-refractivity contribution in [2.75, 3.05) is 44.6 Å². The molecule has 1 saturated heterocycles. The van der Waals surface area contributed by atoms with Crippen LogP contribution >= 0.6 is 11.3 Å². The first-order valence-electron chi connectivity index (χ1n) is 9.81. The highest BCUT2D eigenvalue weighted by atomic mass is 32.1. The zero-order valence-electron chi connectivity index (χ0n) is 16.4. The number of carbonyl (C=O) groups is 2. The highest BCUT2D eigenvalue weighted by molar-refractivity contribution is 7.11. The molecule has 7 nitrogen and oxygen atoms in total. The molecule has 0 aliphatic carbocycles. The number of ether oxygens (including phenoxy) is 1. The molecule has 2 amide bonds. The molecule has 0 radical (unpaired) electrons. The molecule has 0 bridgehead atoms. The Morgan fingerprint density at radius 2 is 2.03 bits per heavy atom. The molecule has 2 N–H and O–H groups in total. The number of β-amino-alcohol motifs (C(OH)–C–C–N with tert-alkyl or cyclic N) is 1. The van der Waals surface area contributed by atoms with Gasteiger partial charge in [-0.15, -0.1) is 11.3 Å². The minimum absolute atomic E-state index is 0.0173. The van der Waals surface area contributed by atoms with Crippen molar-refractivity contribution in [3.05, 3.63) is 58.0 Å². The second kappa shape index (κ2) is 9.25. The van der Waals surface area contributed by atoms with Crippen LogP contribution in [0, 0.1) is 0 Å². The summed E-state index contributed by atoms with van der Waals surface area (Å²) < 4.78 is 5.72. The molecule has 1 fully saturated rings. The molecule has 4 rings (SSSR count). The highest BCUT2D eigenvalue weighted by Crippen LogP contribution is 2.31. The molecule has 0 unspecified atom stereocenters. The lowest BCUT2D eigenvalue weighted by atomic mass is 10.2. The highest BCUT2D eigenvalue weighted by Gasteiger charge is 2.22. The van der Waals surface area contributed by atoms with E-state index in [1.165, 1.54) is 11.3 Å². The molecule has 2 aliphatic rings. The topological polar surface area (TPSA) is 82.1 Å². The van der Waals surface area contributed by atoms with Crippen LogP contribution in [0.2, 0.25) is 0 Å². The predicted octanol–water partition coefficient (Wildman–Crippen LogP) is 2.27. The molecule has 0 saturated carbocycles. The lowest BCUT2D eigenvalue weighted by molar-refractivity contribution is -0.127. The summed E-state index contributed by atoms with van der Waals surface area (Å²) in [6, 6.07) is 9.21. The quantitative estimate of drug-likeness (QED) is 0.719. The van der Waals surface area contributed by atoms with E-state index in [0.29, 0.717) is 31.1 Å². The number of rotatable bonds is 5. The molecule has 2 aliphatic heterocycles. The number of fused-ring (bicyclic) bond motifs is 1. The summed E-state index contributed by atoms with van der Waals surface area (Å²) in [5, 5.41) is 13.8. The van der Waals surface area contributed by atoms with Gasteiger partial charge in [-0.3, -0.25) is 14.5 Å². The summed E-state index contributed by atoms with van der Waals surface area (Å²) in [5.41, 5.74) is 1.56. The van der Waals surface area contributed by atoms with Crippen molar-refractivity contribution >= 4 is 41.0 Å². The maximum Gasteiger partial charge on any atom is 0.291 e. The van der Waals surface area contributed by atoms with E-state index in [9.17, 15) is 9.59 Å². The molecule has 2 aromatic rings. The summed E-state index contributed by atoms with van der Waals surface area (Å²) in [5.74, 6) is 0.554. The molecule has 8 heteroatoms. The first-order valence-corrected chi connectivity index (χ1v) is 10.7. The number of amides is 2. The third kappa shape index (κ3) is 4.79. The Labute approximate surface area is 178 Å². The third-order valence-corrected chi connectivity index (χ3v) is 5.91. The number of para-hydroxylation sites is 2. The van der Waals surface area contributed by atoms with Crippen molar-refractivity contribution in [2.45, 2.75) is 0 Å². The van der Waals surface area contributed by atoms with Gasteiger partial charge in [-0.2, -0.15) is 0 Å². The minimum atomic E-state index is -0.283. The van der Waals surface area contributed by atoms with Gasteiger partial charge in [0.05, 0.1) is 12.3 Å². The number of nitrogens with zero attached hydrogens (tertiary/aromatic N) is 2. The summed E-state index contributed by atoms with van der Waals surface area (Å²) in [6.45, 7) is 3.68. The van der Waals surface area contributed by atoms with E-state index in [0.717, 1.165) is 23.5 Å². The lowest BCUT2D eigenvalue weighted by Crippen LogP contribution is -2.48. The number of anilines is 1. The van der Waals surface area contributed by atoms with Gasteiger partial charge < -0.3 is 20.1 Å². The fourth-order valence-electron chi connectivity index (χ4n) is 3.37. The number of aliphatic hydroxyl groups is 1. The molecular formula is C22H23N3O4S. The molecule has 1 aromatic carbocycles. The van der Waals surface area contributed by atoms with Gasteiger partial charge in [0, 0.05) is 49.8 Å². The largest absolute Gasteiger partial charge is 0.449 e. The smallest absolute Gasteiger partial charge is 0.291 e. The van der Waals surface area contributed by atoms with Gasteiger partial charge in [-0.05, 0) is 35.2 Å². The van der Waals surface area contributed by atoms with Crippen LogP contribution in [0.1, 0.15) is 10.4 Å². The Balaban J connectivity index is 1.37. The van der Waals surface area contributed by atoms with Crippen LogP contribution in [-0.2, 0) is 9.59 Å². The molecule has 0 atom stereocenters. The monoisotopic (exact) mass is 425 g/mol. The van der Waals surface area contributed by atoms with Crippen LogP contribution in [0.5, 0.6) is 5.75 Å². The van der Waals surface area contributed by atoms with Crippen molar-refractivity contribution in [1.29, 1.82) is 0 Å². The van der Waals surface area contributed by atoms with E-state index in [1.807, 2.05) is 28.5 Å². The van der Waals surface area contributed by atoms with Crippen molar-refractivity contribution in [3.8, 4) is 5.75 Å². The van der Waals surface area contributed by atoms with Crippen LogP contribution in [0.4, 0.5) is 5.69 Å². The second-order valence-electron chi connectivity index (χ2n) is 7.07. The summed E-state index contributed by atoms with van der Waals surface area (Å²) in [6.07, 6.45) is 5.08. The maximum absolute atomic E-state index is 12.4. The van der Waals surface area contributed by atoms with Crippen molar-refractivity contribution in [1.82, 2.24) is 9.80 Å². The van der Waals surface area contributed by atoms with E-state index in [4.69, 9.17) is 9.84 Å². The number of hydrogen-bond donors (Lipinski definition) is 2. The SMILES string of the molecule is O=C1Nc2ccccc2O/C1=C\c1cc(/C=C/C(=O)N2CCN(CCO)CC2)cs1. The van der Waals surface area contributed by atoms with E-state index in [-0.39, 0.29) is 24.2 Å². The Kier molecular flexibility index (Phi) is 6.27. The van der Waals surface area contributed by atoms with Gasteiger partial charge in [-0.25, -0.2) is 0 Å². The molecule has 156 valence electrons. The van der Waals surface area contributed by atoms with Gasteiger partial charge in [0.2, 0.25) is 5.91 Å². The Bertz CT molecular complexity index is 990. The normalized spacial score (nSPS) is 18.4. The van der Waals surface area contributed by atoms with E-state index in [1.54, 1.807) is 30.4 Å². The fourth-order valence-corrected chi connectivity index (χ4v) is 4.17. The number of carbonyl (C=O) groups excluding carboxylic acids is 2. The predicted molar refractivity (Wildman–Crippen MR) is 117 cm³/mol. The van der Waals surface area contributed by atoms with Crippen molar-refractivity contribution in [3.63, 3.8) is 0 Å². The number of aliphatic hydroxyl groups excluding tert-OH is 1. The minimum Gasteiger partial charge on any atom is -0.449 e. The molecule has 3 heterocycles. The van der Waals surface area contributed by atoms with Crippen molar-refractivity contribution in [2.24, 2.45) is 0 Å². The standard InChI is InChI=1S/C22H23N3O4S/c26-12-11-24-7-9-25(10-8-24)21(27)6-5-16-13-17(30-15-16)14-20-22(28)23-18-3-1-2-4-19(18)29-20/h1-6,13-15,26H,7-12H2,(H,23,28)/b6-5+,20-14-. The second-order valence-corrected chi connectivity index (χ2v) is 8.01. The van der Waals surface area contributed by atoms with E-state index in [2.05, 4.69) is 10.2 Å². The number of nitrogens with one attached hydrogen (secondary N) is 1. The number of piperazine rings is 1. The first-order chi connectivity index (χ1) is 14.6. The van der Waals surface area contributed by atoms with Gasteiger partial charge in [0.15, 0.2) is 11.5 Å². The molecule has 1 aromatic heterocycles.